The van der Waals surface area contributed by atoms with Gasteiger partial charge in [0.1, 0.15) is 6.04 Å². The van der Waals surface area contributed by atoms with Crippen LogP contribution in [0.15, 0.2) is 25.3 Å². The molecular formula is C24H36N2O5S. The molecular weight excluding hydrogens is 428 g/mol. The summed E-state index contributed by atoms with van der Waals surface area (Å²) in [6.45, 7) is 12.3. The molecule has 0 radical (unpaired) electrons. The van der Waals surface area contributed by atoms with Crippen molar-refractivity contribution >= 4 is 29.5 Å². The van der Waals surface area contributed by atoms with E-state index < -0.39 is 22.6 Å². The third kappa shape index (κ3) is 4.23. The van der Waals surface area contributed by atoms with E-state index in [1.54, 1.807) is 33.7 Å². The third-order valence-electron chi connectivity index (χ3n) is 6.89. The number of hydrogen-bond donors (Lipinski definition) is 1. The van der Waals surface area contributed by atoms with Crippen LogP contribution >= 0.6 is 11.8 Å². The number of rotatable bonds is 12. The maximum atomic E-state index is 13.8. The fourth-order valence-electron chi connectivity index (χ4n) is 5.53. The highest BCUT2D eigenvalue weighted by atomic mass is 32.2. The van der Waals surface area contributed by atoms with E-state index in [9.17, 15) is 19.5 Å². The van der Waals surface area contributed by atoms with E-state index in [2.05, 4.69) is 13.2 Å². The minimum atomic E-state index is -0.637. The molecule has 0 aromatic rings. The van der Waals surface area contributed by atoms with Gasteiger partial charge in [-0.2, -0.15) is 0 Å². The zero-order chi connectivity index (χ0) is 23.5. The van der Waals surface area contributed by atoms with Gasteiger partial charge in [-0.15, -0.1) is 24.9 Å². The molecule has 5 atom stereocenters. The first kappa shape index (κ1) is 24.8. The summed E-state index contributed by atoms with van der Waals surface area (Å²) in [4.78, 5) is 43.9. The Morgan fingerprint density at radius 3 is 2.72 bits per heavy atom. The molecule has 3 aliphatic rings. The Hall–Kier alpha value is -1.80. The molecule has 3 saturated heterocycles. The summed E-state index contributed by atoms with van der Waals surface area (Å²) in [5.74, 6) is -1.65. The number of ether oxygens (including phenoxy) is 1. The molecule has 0 aliphatic carbocycles. The lowest BCUT2D eigenvalue weighted by Crippen LogP contribution is -2.56. The fraction of sp³-hybridized carbons (Fsp3) is 0.708. The smallest absolute Gasteiger partial charge is 0.310 e. The van der Waals surface area contributed by atoms with E-state index in [1.165, 1.54) is 0 Å². The number of hydrogen-bond acceptors (Lipinski definition) is 6. The summed E-state index contributed by atoms with van der Waals surface area (Å²) < 4.78 is 4.93. The van der Waals surface area contributed by atoms with E-state index in [0.717, 1.165) is 19.3 Å². The van der Waals surface area contributed by atoms with Crippen molar-refractivity contribution in [2.75, 3.05) is 26.3 Å². The summed E-state index contributed by atoms with van der Waals surface area (Å²) in [5, 5.41) is 9.40. The Balaban J connectivity index is 1.92. The summed E-state index contributed by atoms with van der Waals surface area (Å²) >= 11 is 1.64. The minimum Gasteiger partial charge on any atom is -0.465 e. The van der Waals surface area contributed by atoms with E-state index in [0.29, 0.717) is 32.5 Å². The topological polar surface area (TPSA) is 87.1 Å². The number of fused-ring (bicyclic) bond motifs is 1. The number of carbonyl (C=O) groups is 3. The van der Waals surface area contributed by atoms with Gasteiger partial charge in [0.25, 0.3) is 0 Å². The highest BCUT2D eigenvalue weighted by molar-refractivity contribution is 8.02. The Morgan fingerprint density at radius 1 is 1.34 bits per heavy atom. The molecule has 3 rings (SSSR count). The summed E-state index contributed by atoms with van der Waals surface area (Å²) in [6.07, 6.45) is 6.87. The molecule has 1 N–H and O–H groups in total. The second-order valence-electron chi connectivity index (χ2n) is 9.14. The largest absolute Gasteiger partial charge is 0.465 e. The molecule has 2 bridgehead atoms. The van der Waals surface area contributed by atoms with Crippen LogP contribution in [0.3, 0.4) is 0 Å². The molecule has 1 spiro atoms. The minimum absolute atomic E-state index is 0.00181. The van der Waals surface area contributed by atoms with Gasteiger partial charge in [0.15, 0.2) is 0 Å². The third-order valence-corrected chi connectivity index (χ3v) is 8.84. The van der Waals surface area contributed by atoms with Gasteiger partial charge in [0.05, 0.1) is 23.2 Å². The SMILES string of the molecule is C=CCCCOC(=O)[C@@H]1[C@H]2C(=O)N(CCCO)C(C(=O)N(CC=C)C(C)C)C23CC[C@H]1S3. The number of aliphatic hydroxyl groups excluding tert-OH is 1. The summed E-state index contributed by atoms with van der Waals surface area (Å²) in [6, 6.07) is -0.678. The van der Waals surface area contributed by atoms with Crippen LogP contribution in [0, 0.1) is 11.8 Å². The number of esters is 1. The fourth-order valence-corrected chi connectivity index (χ4v) is 7.73. The standard InChI is InChI=1S/C24H36N2O5S/c1-5-7-8-15-31-23(30)18-17-10-11-24(32-17)19(18)21(28)26(13-9-14-27)20(24)22(29)25(12-6-2)16(3)4/h5-6,16-20,27H,1-2,7-15H2,3-4H3/t17-,18+,19+,20?,24?/m1/s1. The summed E-state index contributed by atoms with van der Waals surface area (Å²) in [7, 11) is 0. The van der Waals surface area contributed by atoms with Crippen molar-refractivity contribution in [3.63, 3.8) is 0 Å². The predicted molar refractivity (Wildman–Crippen MR) is 125 cm³/mol. The average molecular weight is 465 g/mol. The number of thioether (sulfide) groups is 1. The van der Waals surface area contributed by atoms with Crippen molar-refractivity contribution in [2.24, 2.45) is 11.8 Å². The van der Waals surface area contributed by atoms with Gasteiger partial charge in [-0.25, -0.2) is 0 Å². The first-order valence-electron chi connectivity index (χ1n) is 11.6. The van der Waals surface area contributed by atoms with Crippen LogP contribution < -0.4 is 0 Å². The maximum Gasteiger partial charge on any atom is 0.310 e. The second-order valence-corrected chi connectivity index (χ2v) is 10.7. The summed E-state index contributed by atoms with van der Waals surface area (Å²) in [5.41, 5.74) is 0. The molecule has 8 heteroatoms. The van der Waals surface area contributed by atoms with Gasteiger partial charge in [0, 0.05) is 31.0 Å². The quantitative estimate of drug-likeness (QED) is 0.271. The highest BCUT2D eigenvalue weighted by Gasteiger charge is 2.74. The molecule has 2 amide bonds. The van der Waals surface area contributed by atoms with Crippen LogP contribution in [0.2, 0.25) is 0 Å². The van der Waals surface area contributed by atoms with Crippen molar-refractivity contribution in [1.29, 1.82) is 0 Å². The Morgan fingerprint density at radius 2 is 2.09 bits per heavy atom. The zero-order valence-corrected chi connectivity index (χ0v) is 20.0. The van der Waals surface area contributed by atoms with Crippen LogP contribution in [0.1, 0.15) is 46.0 Å². The number of unbranched alkanes of at least 4 members (excludes halogenated alkanes) is 1. The first-order valence-corrected chi connectivity index (χ1v) is 12.5. The van der Waals surface area contributed by atoms with E-state index >= 15 is 0 Å². The highest BCUT2D eigenvalue weighted by Crippen LogP contribution is 2.66. The van der Waals surface area contributed by atoms with Crippen molar-refractivity contribution in [2.45, 2.75) is 68.0 Å². The number of nitrogens with zero attached hydrogens (tertiary/aromatic N) is 2. The molecule has 7 nitrogen and oxygen atoms in total. The van der Waals surface area contributed by atoms with Gasteiger partial charge in [-0.3, -0.25) is 14.4 Å². The van der Waals surface area contributed by atoms with Crippen LogP contribution in [0.4, 0.5) is 0 Å². The molecule has 3 heterocycles. The molecule has 0 aromatic carbocycles. The van der Waals surface area contributed by atoms with Crippen LogP contribution in [0.25, 0.3) is 0 Å². The average Bonchev–Trinajstić information content (AvgIpc) is 3.40. The Bertz CT molecular complexity index is 757. The number of allylic oxidation sites excluding steroid dienone is 1. The molecule has 178 valence electrons. The Kier molecular flexibility index (Phi) is 8.09. The van der Waals surface area contributed by atoms with Gasteiger partial charge in [0.2, 0.25) is 11.8 Å². The monoisotopic (exact) mass is 464 g/mol. The lowest BCUT2D eigenvalue weighted by atomic mass is 9.71. The van der Waals surface area contributed by atoms with Gasteiger partial charge < -0.3 is 19.6 Å². The van der Waals surface area contributed by atoms with E-state index in [-0.39, 0.29) is 35.7 Å². The predicted octanol–water partition coefficient (Wildman–Crippen LogP) is 2.39. The lowest BCUT2D eigenvalue weighted by molar-refractivity contribution is -0.154. The maximum absolute atomic E-state index is 13.8. The first-order chi connectivity index (χ1) is 15.3. The Labute approximate surface area is 195 Å². The second kappa shape index (κ2) is 10.4. The van der Waals surface area contributed by atoms with Crippen molar-refractivity contribution in [1.82, 2.24) is 9.80 Å². The lowest BCUT2D eigenvalue weighted by Gasteiger charge is -2.38. The molecule has 2 unspecified atom stereocenters. The van der Waals surface area contributed by atoms with Gasteiger partial charge >= 0.3 is 5.97 Å². The molecule has 0 aromatic heterocycles. The normalized spacial score (nSPS) is 30.5. The number of aliphatic hydroxyl groups is 1. The number of amides is 2. The van der Waals surface area contributed by atoms with E-state index in [1.807, 2.05) is 13.8 Å². The number of carbonyl (C=O) groups excluding carboxylic acids is 3. The molecule has 3 aliphatic heterocycles. The van der Waals surface area contributed by atoms with E-state index in [4.69, 9.17) is 4.74 Å². The zero-order valence-electron chi connectivity index (χ0n) is 19.2. The molecule has 0 saturated carbocycles. The molecule has 3 fully saturated rings. The number of likely N-dealkylation sites (tertiary alicyclic amines) is 1. The van der Waals surface area contributed by atoms with Crippen LogP contribution in [0.5, 0.6) is 0 Å². The van der Waals surface area contributed by atoms with Crippen LogP contribution in [-0.4, -0.2) is 81.1 Å². The van der Waals surface area contributed by atoms with Gasteiger partial charge in [-0.1, -0.05) is 12.2 Å². The van der Waals surface area contributed by atoms with Gasteiger partial charge in [-0.05, 0) is 46.0 Å². The van der Waals surface area contributed by atoms with Crippen molar-refractivity contribution in [3.05, 3.63) is 25.3 Å². The van der Waals surface area contributed by atoms with Crippen LogP contribution in [-0.2, 0) is 19.1 Å². The molecule has 32 heavy (non-hydrogen) atoms. The van der Waals surface area contributed by atoms with Crippen molar-refractivity contribution < 1.29 is 24.2 Å². The van der Waals surface area contributed by atoms with Crippen molar-refractivity contribution in [3.8, 4) is 0 Å².